The van der Waals surface area contributed by atoms with Crippen LogP contribution in [0.15, 0.2) is 62.2 Å². The van der Waals surface area contributed by atoms with E-state index in [-0.39, 0.29) is 5.75 Å². The van der Waals surface area contributed by atoms with Gasteiger partial charge in [0.25, 0.3) is 0 Å². The molecule has 0 saturated carbocycles. The fourth-order valence-electron chi connectivity index (χ4n) is 2.75. The number of halogens is 2. The number of hydrogen-bond acceptors (Lipinski definition) is 6. The van der Waals surface area contributed by atoms with Gasteiger partial charge in [-0.25, -0.2) is 9.97 Å². The molecule has 140 valence electrons. The van der Waals surface area contributed by atoms with E-state index in [2.05, 4.69) is 88.9 Å². The van der Waals surface area contributed by atoms with E-state index in [9.17, 15) is 5.11 Å². The molecule has 28 heavy (non-hydrogen) atoms. The summed E-state index contributed by atoms with van der Waals surface area (Å²) in [6, 6.07) is 11.9. The molecule has 0 bridgehead atoms. The van der Waals surface area contributed by atoms with E-state index >= 15 is 0 Å². The Morgan fingerprint density at radius 3 is 2.71 bits per heavy atom. The number of fused-ring (bicyclic) bond motifs is 1. The maximum Gasteiger partial charge on any atom is 0.159 e. The molecule has 0 fully saturated rings. The van der Waals surface area contributed by atoms with Crippen molar-refractivity contribution < 1.29 is 5.11 Å². The Morgan fingerprint density at radius 2 is 1.93 bits per heavy atom. The normalized spacial score (nSPS) is 11.4. The quantitative estimate of drug-likeness (QED) is 0.244. The third-order valence-electron chi connectivity index (χ3n) is 4.16. The Morgan fingerprint density at radius 1 is 1.14 bits per heavy atom. The van der Waals surface area contributed by atoms with Crippen molar-refractivity contribution in [1.82, 2.24) is 9.97 Å². The Labute approximate surface area is 182 Å². The first-order chi connectivity index (χ1) is 13.5. The molecule has 4 aromatic rings. The summed E-state index contributed by atoms with van der Waals surface area (Å²) >= 11 is 8.30. The molecular weight excluding hydrogens is 504 g/mol. The van der Waals surface area contributed by atoms with Gasteiger partial charge in [-0.15, -0.1) is 11.3 Å². The topological polar surface area (TPSA) is 70.4 Å². The summed E-state index contributed by atoms with van der Waals surface area (Å²) in [5.74, 6) is 0.740. The largest absolute Gasteiger partial charge is 0.506 e. The smallest absolute Gasteiger partial charge is 0.159 e. The molecule has 0 aliphatic rings. The number of thiophene rings is 1. The average molecular weight is 518 g/mol. The van der Waals surface area contributed by atoms with Gasteiger partial charge in [-0.05, 0) is 40.5 Å². The van der Waals surface area contributed by atoms with Crippen LogP contribution in [0.25, 0.3) is 21.3 Å². The zero-order valence-electron chi connectivity index (χ0n) is 14.6. The van der Waals surface area contributed by atoms with Crippen molar-refractivity contribution in [3.8, 4) is 16.9 Å². The number of benzene rings is 2. The van der Waals surface area contributed by atoms with E-state index in [0.717, 1.165) is 25.8 Å². The Kier molecular flexibility index (Phi) is 5.43. The highest BCUT2D eigenvalue weighted by atomic mass is 79.9. The van der Waals surface area contributed by atoms with Gasteiger partial charge >= 0.3 is 0 Å². The number of aromatic hydroxyl groups is 1. The number of aryl methyl sites for hydroxylation is 1. The van der Waals surface area contributed by atoms with Gasteiger partial charge in [-0.2, -0.15) is 5.10 Å². The van der Waals surface area contributed by atoms with Gasteiger partial charge in [0.1, 0.15) is 16.9 Å². The van der Waals surface area contributed by atoms with Gasteiger partial charge in [0.05, 0.1) is 16.1 Å². The van der Waals surface area contributed by atoms with E-state index in [1.165, 1.54) is 11.9 Å². The molecule has 0 spiro atoms. The van der Waals surface area contributed by atoms with E-state index in [0.29, 0.717) is 15.9 Å². The average Bonchev–Trinajstić information content (AvgIpc) is 3.11. The molecule has 0 unspecified atom stereocenters. The van der Waals surface area contributed by atoms with Crippen molar-refractivity contribution in [3.63, 3.8) is 0 Å². The highest BCUT2D eigenvalue weighted by Gasteiger charge is 2.13. The molecule has 4 rings (SSSR count). The number of hydrazone groups is 1. The summed E-state index contributed by atoms with van der Waals surface area (Å²) in [5.41, 5.74) is 6.94. The van der Waals surface area contributed by atoms with Crippen molar-refractivity contribution in [2.45, 2.75) is 6.92 Å². The zero-order valence-corrected chi connectivity index (χ0v) is 18.6. The molecule has 2 N–H and O–H groups in total. The molecule has 0 saturated heterocycles. The summed E-state index contributed by atoms with van der Waals surface area (Å²) in [6.07, 6.45) is 3.07. The van der Waals surface area contributed by atoms with Crippen LogP contribution in [0.1, 0.15) is 11.1 Å². The molecule has 2 aromatic heterocycles. The monoisotopic (exact) mass is 516 g/mol. The van der Waals surface area contributed by atoms with Gasteiger partial charge < -0.3 is 5.11 Å². The number of hydrogen-bond donors (Lipinski definition) is 2. The standard InChI is InChI=1S/C20H14Br2N4OS/c1-11-2-4-12(5-3-11)15-9-28-20-17(15)19(23-10-24-20)26-25-8-13-6-14(21)7-16(22)18(13)27/h2-10,27H,1H3,(H,23,24,26)/b25-8+. The van der Waals surface area contributed by atoms with Crippen molar-refractivity contribution in [1.29, 1.82) is 0 Å². The van der Waals surface area contributed by atoms with Gasteiger partial charge in [0.15, 0.2) is 5.82 Å². The lowest BCUT2D eigenvalue weighted by Gasteiger charge is -2.06. The second kappa shape index (κ2) is 7.98. The Balaban J connectivity index is 1.70. The Hall–Kier alpha value is -2.29. The number of phenols is 1. The zero-order chi connectivity index (χ0) is 19.7. The van der Waals surface area contributed by atoms with Crippen LogP contribution < -0.4 is 5.43 Å². The van der Waals surface area contributed by atoms with Gasteiger partial charge in [0.2, 0.25) is 0 Å². The van der Waals surface area contributed by atoms with Crippen LogP contribution in [0.2, 0.25) is 0 Å². The minimum atomic E-state index is 0.123. The predicted octanol–water partition coefficient (Wildman–Crippen LogP) is 6.34. The minimum Gasteiger partial charge on any atom is -0.506 e. The van der Waals surface area contributed by atoms with E-state index in [1.807, 2.05) is 0 Å². The first-order valence-corrected chi connectivity index (χ1v) is 10.8. The summed E-state index contributed by atoms with van der Waals surface area (Å²) in [6.45, 7) is 2.07. The van der Waals surface area contributed by atoms with Crippen LogP contribution in [-0.4, -0.2) is 21.3 Å². The summed E-state index contributed by atoms with van der Waals surface area (Å²) in [7, 11) is 0. The summed E-state index contributed by atoms with van der Waals surface area (Å²) in [5, 5.41) is 17.4. The minimum absolute atomic E-state index is 0.123. The lowest BCUT2D eigenvalue weighted by molar-refractivity contribution is 0.471. The molecule has 0 aliphatic heterocycles. The van der Waals surface area contributed by atoms with E-state index < -0.39 is 0 Å². The lowest BCUT2D eigenvalue weighted by atomic mass is 10.0. The van der Waals surface area contributed by atoms with Gasteiger partial charge in [-0.3, -0.25) is 5.43 Å². The van der Waals surface area contributed by atoms with Gasteiger partial charge in [-0.1, -0.05) is 45.8 Å². The second-order valence-corrected chi connectivity index (χ2v) is 8.74. The molecular formula is C20H14Br2N4OS. The van der Waals surface area contributed by atoms with Crippen LogP contribution in [0.5, 0.6) is 5.75 Å². The Bertz CT molecular complexity index is 1190. The number of anilines is 1. The number of nitrogens with one attached hydrogen (secondary N) is 1. The number of phenolic OH excluding ortho intramolecular Hbond substituents is 1. The fraction of sp³-hybridized carbons (Fsp3) is 0.0500. The van der Waals surface area contributed by atoms with E-state index in [4.69, 9.17) is 0 Å². The van der Waals surface area contributed by atoms with Crippen molar-refractivity contribution in [2.24, 2.45) is 5.10 Å². The molecule has 0 amide bonds. The van der Waals surface area contributed by atoms with E-state index in [1.54, 1.807) is 29.7 Å². The van der Waals surface area contributed by atoms with Crippen molar-refractivity contribution in [3.05, 3.63) is 68.2 Å². The number of rotatable bonds is 4. The molecule has 2 aromatic carbocycles. The molecule has 5 nitrogen and oxygen atoms in total. The first kappa shape index (κ1) is 19.0. The molecule has 0 radical (unpaired) electrons. The van der Waals surface area contributed by atoms with Crippen LogP contribution >= 0.6 is 43.2 Å². The van der Waals surface area contributed by atoms with Crippen LogP contribution in [-0.2, 0) is 0 Å². The number of aromatic nitrogens is 2. The maximum absolute atomic E-state index is 10.2. The van der Waals surface area contributed by atoms with Gasteiger partial charge in [0, 0.05) is 21.0 Å². The van der Waals surface area contributed by atoms with Crippen molar-refractivity contribution >= 4 is 65.4 Å². The molecule has 2 heterocycles. The van der Waals surface area contributed by atoms with Crippen LogP contribution in [0, 0.1) is 6.92 Å². The van der Waals surface area contributed by atoms with Crippen LogP contribution in [0.4, 0.5) is 5.82 Å². The lowest BCUT2D eigenvalue weighted by Crippen LogP contribution is -1.96. The van der Waals surface area contributed by atoms with Crippen molar-refractivity contribution in [2.75, 3.05) is 5.43 Å². The fourth-order valence-corrected chi connectivity index (χ4v) is 4.93. The second-order valence-electron chi connectivity index (χ2n) is 6.11. The highest BCUT2D eigenvalue weighted by Crippen LogP contribution is 2.36. The van der Waals surface area contributed by atoms with Crippen LogP contribution in [0.3, 0.4) is 0 Å². The predicted molar refractivity (Wildman–Crippen MR) is 122 cm³/mol. The SMILES string of the molecule is Cc1ccc(-c2csc3ncnc(N/N=C/c4cc(Br)cc(Br)c4O)c23)cc1. The summed E-state index contributed by atoms with van der Waals surface area (Å²) in [4.78, 5) is 9.62. The first-order valence-electron chi connectivity index (χ1n) is 8.29. The third kappa shape index (κ3) is 3.80. The summed E-state index contributed by atoms with van der Waals surface area (Å²) < 4.78 is 1.43. The molecule has 0 atom stereocenters. The number of nitrogens with zero attached hydrogens (tertiary/aromatic N) is 3. The molecule has 8 heteroatoms. The third-order valence-corrected chi connectivity index (χ3v) is 6.11. The molecule has 0 aliphatic carbocycles. The highest BCUT2D eigenvalue weighted by molar-refractivity contribution is 9.11. The maximum atomic E-state index is 10.2.